The maximum absolute atomic E-state index is 14.3. The van der Waals surface area contributed by atoms with Gasteiger partial charge in [-0.2, -0.15) is 5.10 Å². The topological polar surface area (TPSA) is 132 Å². The highest BCUT2D eigenvalue weighted by atomic mass is 19.1. The van der Waals surface area contributed by atoms with E-state index in [0.717, 1.165) is 21.8 Å². The number of hydrogen-bond acceptors (Lipinski definition) is 7. The average Bonchev–Trinajstić information content (AvgIpc) is 3.36. The van der Waals surface area contributed by atoms with E-state index in [4.69, 9.17) is 4.74 Å². The van der Waals surface area contributed by atoms with Crippen LogP contribution >= 0.6 is 0 Å². The largest absolute Gasteiger partial charge is 0.426 e. The number of benzene rings is 1. The van der Waals surface area contributed by atoms with E-state index in [2.05, 4.69) is 20.7 Å². The van der Waals surface area contributed by atoms with Crippen molar-refractivity contribution in [1.29, 1.82) is 0 Å². The van der Waals surface area contributed by atoms with Crippen molar-refractivity contribution in [3.63, 3.8) is 0 Å². The van der Waals surface area contributed by atoms with Crippen LogP contribution in [0.3, 0.4) is 0 Å². The molecule has 0 radical (unpaired) electrons. The van der Waals surface area contributed by atoms with Gasteiger partial charge in [-0.05, 0) is 30.0 Å². The molecule has 0 aliphatic carbocycles. The summed E-state index contributed by atoms with van der Waals surface area (Å²) in [5, 5.41) is 9.13. The molecule has 4 rings (SSSR count). The van der Waals surface area contributed by atoms with Gasteiger partial charge in [0.05, 0.1) is 18.7 Å². The fraction of sp³-hybridized carbons (Fsp3) is 0.360. The highest BCUT2D eigenvalue weighted by Crippen LogP contribution is 2.26. The Balaban J connectivity index is 1.53. The van der Waals surface area contributed by atoms with Crippen LogP contribution in [0.2, 0.25) is 0 Å². The minimum Gasteiger partial charge on any atom is -0.426 e. The lowest BCUT2D eigenvalue weighted by atomic mass is 9.88. The molecule has 10 nitrogen and oxygen atoms in total. The van der Waals surface area contributed by atoms with Crippen molar-refractivity contribution in [2.24, 2.45) is 5.41 Å². The van der Waals surface area contributed by atoms with E-state index in [-0.39, 0.29) is 53.6 Å². The molecule has 36 heavy (non-hydrogen) atoms. The third-order valence-corrected chi connectivity index (χ3v) is 5.57. The maximum atomic E-state index is 14.3. The van der Waals surface area contributed by atoms with Gasteiger partial charge < -0.3 is 15.4 Å². The number of ether oxygens (including phenoxy) is 1. The molecule has 0 saturated carbocycles. The number of rotatable bonds is 7. The molecule has 2 N–H and O–H groups in total. The number of halogens is 1. The standard InChI is InChI=1S/C25H26FN5O5/c1-13(19(32)10-25(2,3)4)29-24(35)18-9-17(30-22-16(26)12-28-31(18)22)23(34)27-11-14-5-6-20-15(7-14)8-21(33)36-20/h5-7,9,12-13H,8,10-11H2,1-4H3,(H,27,34)(H,29,35)/t13-/m0/s1. The van der Waals surface area contributed by atoms with E-state index in [1.807, 2.05) is 20.8 Å². The van der Waals surface area contributed by atoms with Crippen molar-refractivity contribution < 1.29 is 28.3 Å². The Morgan fingerprint density at radius 2 is 1.94 bits per heavy atom. The third kappa shape index (κ3) is 5.40. The Bertz CT molecular complexity index is 1390. The summed E-state index contributed by atoms with van der Waals surface area (Å²) in [4.78, 5) is 53.8. The van der Waals surface area contributed by atoms with Crippen LogP contribution in [0.25, 0.3) is 5.65 Å². The van der Waals surface area contributed by atoms with Crippen molar-refractivity contribution >= 4 is 29.2 Å². The number of esters is 1. The number of nitrogens with one attached hydrogen (secondary N) is 2. The first-order chi connectivity index (χ1) is 16.9. The second-order valence-electron chi connectivity index (χ2n) is 9.93. The van der Waals surface area contributed by atoms with Crippen LogP contribution in [-0.4, -0.2) is 44.2 Å². The van der Waals surface area contributed by atoms with Crippen molar-refractivity contribution in [2.75, 3.05) is 0 Å². The fourth-order valence-corrected chi connectivity index (χ4v) is 3.81. The molecule has 1 aliphatic rings. The third-order valence-electron chi connectivity index (χ3n) is 5.57. The molecule has 2 amide bonds. The first kappa shape index (κ1) is 25.0. The summed E-state index contributed by atoms with van der Waals surface area (Å²) in [7, 11) is 0. The molecule has 2 aromatic heterocycles. The van der Waals surface area contributed by atoms with Crippen LogP contribution in [-0.2, 0) is 22.6 Å². The zero-order valence-corrected chi connectivity index (χ0v) is 20.3. The lowest BCUT2D eigenvalue weighted by Crippen LogP contribution is -2.40. The molecular formula is C25H26FN5O5. The highest BCUT2D eigenvalue weighted by molar-refractivity contribution is 6.00. The Kier molecular flexibility index (Phi) is 6.57. The monoisotopic (exact) mass is 495 g/mol. The van der Waals surface area contributed by atoms with E-state index >= 15 is 0 Å². The van der Waals surface area contributed by atoms with Gasteiger partial charge >= 0.3 is 5.97 Å². The van der Waals surface area contributed by atoms with Crippen molar-refractivity contribution in [3.05, 3.63) is 58.8 Å². The number of nitrogens with zero attached hydrogens (tertiary/aromatic N) is 3. The normalized spacial score (nSPS) is 13.8. The molecule has 1 aliphatic heterocycles. The molecule has 188 valence electrons. The molecule has 3 aromatic rings. The van der Waals surface area contributed by atoms with Crippen LogP contribution in [0.15, 0.2) is 30.5 Å². The molecule has 1 atom stereocenters. The predicted molar refractivity (Wildman–Crippen MR) is 126 cm³/mol. The SMILES string of the molecule is C[C@H](NC(=O)c1cc(C(=O)NCc2ccc3c(c2)CC(=O)O3)nc2c(F)cnn12)C(=O)CC(C)(C)C. The predicted octanol–water partition coefficient (Wildman–Crippen LogP) is 2.38. The van der Waals surface area contributed by atoms with Crippen molar-refractivity contribution in [3.8, 4) is 5.75 Å². The summed E-state index contributed by atoms with van der Waals surface area (Å²) in [6.07, 6.45) is 1.31. The van der Waals surface area contributed by atoms with Gasteiger partial charge in [0.25, 0.3) is 11.8 Å². The summed E-state index contributed by atoms with van der Waals surface area (Å²) in [5.41, 5.74) is 0.563. The van der Waals surface area contributed by atoms with Gasteiger partial charge in [-0.15, -0.1) is 0 Å². The van der Waals surface area contributed by atoms with Gasteiger partial charge in [-0.1, -0.05) is 26.8 Å². The van der Waals surface area contributed by atoms with E-state index in [1.165, 1.54) is 6.07 Å². The highest BCUT2D eigenvalue weighted by Gasteiger charge is 2.25. The summed E-state index contributed by atoms with van der Waals surface area (Å²) in [5.74, 6) is -2.16. The minimum atomic E-state index is -0.807. The minimum absolute atomic E-state index is 0.106. The molecular weight excluding hydrogens is 469 g/mol. The first-order valence-electron chi connectivity index (χ1n) is 11.4. The van der Waals surface area contributed by atoms with E-state index in [9.17, 15) is 23.6 Å². The van der Waals surface area contributed by atoms with Gasteiger partial charge in [-0.3, -0.25) is 19.2 Å². The van der Waals surface area contributed by atoms with E-state index in [1.54, 1.807) is 25.1 Å². The van der Waals surface area contributed by atoms with Crippen LogP contribution in [0, 0.1) is 11.2 Å². The van der Waals surface area contributed by atoms with Crippen LogP contribution in [0.4, 0.5) is 4.39 Å². The van der Waals surface area contributed by atoms with Crippen LogP contribution in [0.5, 0.6) is 5.75 Å². The molecule has 1 aromatic carbocycles. The molecule has 0 bridgehead atoms. The van der Waals surface area contributed by atoms with Crippen molar-refractivity contribution in [2.45, 2.75) is 53.1 Å². The molecule has 3 heterocycles. The van der Waals surface area contributed by atoms with E-state index in [0.29, 0.717) is 5.75 Å². The number of Topliss-reactive ketones (excluding diaryl/α,β-unsaturated/α-hetero) is 1. The van der Waals surface area contributed by atoms with Crippen LogP contribution in [0.1, 0.15) is 66.2 Å². The zero-order chi connectivity index (χ0) is 26.2. The zero-order valence-electron chi connectivity index (χ0n) is 20.3. The smallest absolute Gasteiger partial charge is 0.315 e. The molecule has 0 saturated heterocycles. The summed E-state index contributed by atoms with van der Waals surface area (Å²) in [6, 6.07) is 5.51. The Morgan fingerprint density at radius 1 is 1.19 bits per heavy atom. The maximum Gasteiger partial charge on any atom is 0.315 e. The second kappa shape index (κ2) is 9.48. The number of ketones is 1. The molecule has 0 spiro atoms. The average molecular weight is 496 g/mol. The number of hydrogen-bond donors (Lipinski definition) is 2. The lowest BCUT2D eigenvalue weighted by Gasteiger charge is -2.20. The lowest BCUT2D eigenvalue weighted by molar-refractivity contribution is -0.131. The number of aromatic nitrogens is 3. The van der Waals surface area contributed by atoms with Gasteiger partial charge in [0, 0.05) is 24.6 Å². The molecule has 0 unspecified atom stereocenters. The number of carbonyl (C=O) groups is 4. The second-order valence-corrected chi connectivity index (χ2v) is 9.93. The Morgan fingerprint density at radius 3 is 2.67 bits per heavy atom. The van der Waals surface area contributed by atoms with Crippen LogP contribution < -0.4 is 15.4 Å². The van der Waals surface area contributed by atoms with E-state index < -0.39 is 23.7 Å². The Hall–Kier alpha value is -4.15. The number of amides is 2. The fourth-order valence-electron chi connectivity index (χ4n) is 3.81. The summed E-state index contributed by atoms with van der Waals surface area (Å²) < 4.78 is 20.4. The first-order valence-corrected chi connectivity index (χ1v) is 11.4. The molecule has 0 fully saturated rings. The molecule has 11 heteroatoms. The van der Waals surface area contributed by atoms with Crippen molar-refractivity contribution in [1.82, 2.24) is 25.2 Å². The number of fused-ring (bicyclic) bond motifs is 2. The van der Waals surface area contributed by atoms with Gasteiger partial charge in [0.2, 0.25) is 0 Å². The van der Waals surface area contributed by atoms with Gasteiger partial charge in [0.1, 0.15) is 17.1 Å². The summed E-state index contributed by atoms with van der Waals surface area (Å²) >= 11 is 0. The Labute approximate surface area is 206 Å². The van der Waals surface area contributed by atoms with Gasteiger partial charge in [0.15, 0.2) is 17.2 Å². The quantitative estimate of drug-likeness (QED) is 0.380. The number of carbonyl (C=O) groups excluding carboxylic acids is 4. The summed E-state index contributed by atoms with van der Waals surface area (Å²) in [6.45, 7) is 7.42. The van der Waals surface area contributed by atoms with Gasteiger partial charge in [-0.25, -0.2) is 13.9 Å².